The van der Waals surface area contributed by atoms with Gasteiger partial charge in [-0.15, -0.1) is 5.06 Å². The Morgan fingerprint density at radius 2 is 1.87 bits per heavy atom. The fraction of sp³-hybridized carbons (Fsp3) is 0.500. The smallest absolute Gasteiger partial charge is 0.408 e. The van der Waals surface area contributed by atoms with Gasteiger partial charge in [-0.3, -0.25) is 0 Å². The number of nitrogens with zero attached hydrogens (tertiary/aromatic N) is 1. The minimum atomic E-state index is -0.842. The third kappa shape index (κ3) is 5.22. The highest BCUT2D eigenvalue weighted by molar-refractivity contribution is 5.89. The van der Waals surface area contributed by atoms with Gasteiger partial charge in [0.15, 0.2) is 0 Å². The number of nitrogens with one attached hydrogen (secondary N) is 1. The van der Waals surface area contributed by atoms with Crippen molar-refractivity contribution in [1.29, 1.82) is 0 Å². The van der Waals surface area contributed by atoms with Crippen LogP contribution in [0.5, 0.6) is 0 Å². The molecule has 1 aromatic rings. The first kappa shape index (κ1) is 17.2. The summed E-state index contributed by atoms with van der Waals surface area (Å²) in [4.78, 5) is 28.9. The Hall–Kier alpha value is -2.12. The number of rotatable bonds is 3. The van der Waals surface area contributed by atoms with Crippen LogP contribution in [-0.4, -0.2) is 53.1 Å². The zero-order valence-electron chi connectivity index (χ0n) is 13.5. The molecule has 126 valence electrons. The van der Waals surface area contributed by atoms with E-state index in [1.54, 1.807) is 51.1 Å². The molecule has 23 heavy (non-hydrogen) atoms. The average Bonchev–Trinajstić information content (AvgIpc) is 2.77. The molecule has 1 fully saturated rings. The SMILES string of the molecule is CC(C)(C)OC(=O)N[C@H]1CN(OC(=O)c2ccccc2)CC1O. The van der Waals surface area contributed by atoms with Crippen LogP contribution >= 0.6 is 0 Å². The van der Waals surface area contributed by atoms with Gasteiger partial charge < -0.3 is 20.0 Å². The van der Waals surface area contributed by atoms with E-state index in [1.807, 2.05) is 0 Å². The van der Waals surface area contributed by atoms with E-state index in [-0.39, 0.29) is 13.1 Å². The Kier molecular flexibility index (Phi) is 5.23. The molecule has 7 heteroatoms. The zero-order valence-corrected chi connectivity index (χ0v) is 13.5. The summed E-state index contributed by atoms with van der Waals surface area (Å²) in [6.45, 7) is 5.58. The number of carbonyl (C=O) groups excluding carboxylic acids is 2. The molecule has 0 aromatic heterocycles. The van der Waals surface area contributed by atoms with E-state index in [2.05, 4.69) is 5.32 Å². The van der Waals surface area contributed by atoms with Crippen LogP contribution in [0, 0.1) is 0 Å². The molecular weight excluding hydrogens is 300 g/mol. The number of β-amino-alcohol motifs (C(OH)–C–C–N with tert-alkyl or cyclic N) is 1. The number of amides is 1. The van der Waals surface area contributed by atoms with Gasteiger partial charge in [0, 0.05) is 0 Å². The number of ether oxygens (including phenoxy) is 1. The molecule has 1 saturated heterocycles. The van der Waals surface area contributed by atoms with Gasteiger partial charge in [0.05, 0.1) is 30.8 Å². The van der Waals surface area contributed by atoms with Crippen molar-refractivity contribution >= 4 is 12.1 Å². The molecule has 7 nitrogen and oxygen atoms in total. The number of aliphatic hydroxyl groups is 1. The number of benzene rings is 1. The largest absolute Gasteiger partial charge is 0.444 e. The van der Waals surface area contributed by atoms with Crippen LogP contribution in [0.4, 0.5) is 4.79 Å². The summed E-state index contributed by atoms with van der Waals surface area (Å²) in [6.07, 6.45) is -1.45. The van der Waals surface area contributed by atoms with E-state index in [0.29, 0.717) is 5.56 Å². The standard InChI is InChI=1S/C16H22N2O5/c1-16(2,3)22-15(21)17-12-9-18(10-13(12)19)23-14(20)11-7-5-4-6-8-11/h4-8,12-13,19H,9-10H2,1-3H3,(H,17,21)/t12-,13?/m0/s1. The predicted molar refractivity (Wildman–Crippen MR) is 82.6 cm³/mol. The van der Waals surface area contributed by atoms with E-state index in [9.17, 15) is 14.7 Å². The Labute approximate surface area is 135 Å². The maximum atomic E-state index is 12.0. The van der Waals surface area contributed by atoms with Crippen LogP contribution in [-0.2, 0) is 9.57 Å². The number of hydrogen-bond acceptors (Lipinski definition) is 6. The average molecular weight is 322 g/mol. The first-order chi connectivity index (χ1) is 10.7. The number of hydrogen-bond donors (Lipinski definition) is 2. The summed E-state index contributed by atoms with van der Waals surface area (Å²) in [7, 11) is 0. The lowest BCUT2D eigenvalue weighted by molar-refractivity contribution is -0.0986. The topological polar surface area (TPSA) is 88.1 Å². The van der Waals surface area contributed by atoms with Gasteiger partial charge >= 0.3 is 12.1 Å². The first-order valence-corrected chi connectivity index (χ1v) is 7.44. The van der Waals surface area contributed by atoms with E-state index < -0.39 is 29.8 Å². The van der Waals surface area contributed by atoms with Crippen molar-refractivity contribution in [2.75, 3.05) is 13.1 Å². The Balaban J connectivity index is 1.86. The Morgan fingerprint density at radius 3 is 2.48 bits per heavy atom. The van der Waals surface area contributed by atoms with Crippen LogP contribution in [0.25, 0.3) is 0 Å². The van der Waals surface area contributed by atoms with E-state index >= 15 is 0 Å². The summed E-state index contributed by atoms with van der Waals surface area (Å²) in [5.41, 5.74) is -0.196. The monoisotopic (exact) mass is 322 g/mol. The normalized spacial score (nSPS) is 21.7. The van der Waals surface area contributed by atoms with Crippen molar-refractivity contribution in [1.82, 2.24) is 10.4 Å². The lowest BCUT2D eigenvalue weighted by Gasteiger charge is -2.22. The number of aliphatic hydroxyl groups excluding tert-OH is 1. The third-order valence-electron chi connectivity index (χ3n) is 3.18. The number of carbonyl (C=O) groups is 2. The van der Waals surface area contributed by atoms with Crippen molar-refractivity contribution in [2.24, 2.45) is 0 Å². The maximum absolute atomic E-state index is 12.0. The highest BCUT2D eigenvalue weighted by Crippen LogP contribution is 2.14. The molecule has 1 aliphatic rings. The molecule has 2 N–H and O–H groups in total. The summed E-state index contributed by atoms with van der Waals surface area (Å²) in [5, 5.41) is 13.9. The van der Waals surface area contributed by atoms with Gasteiger partial charge in [0.1, 0.15) is 5.60 Å². The second-order valence-corrected chi connectivity index (χ2v) is 6.41. The molecule has 1 unspecified atom stereocenters. The molecule has 0 aliphatic carbocycles. The molecule has 0 radical (unpaired) electrons. The minimum Gasteiger partial charge on any atom is -0.444 e. The van der Waals surface area contributed by atoms with Crippen LogP contribution in [0.15, 0.2) is 30.3 Å². The second kappa shape index (κ2) is 6.97. The molecule has 1 amide bonds. The van der Waals surface area contributed by atoms with Crippen LogP contribution in [0.1, 0.15) is 31.1 Å². The molecular formula is C16H22N2O5. The van der Waals surface area contributed by atoms with Crippen LogP contribution in [0.3, 0.4) is 0 Å². The fourth-order valence-electron chi connectivity index (χ4n) is 2.17. The molecule has 1 aliphatic heterocycles. The molecule has 2 atom stereocenters. The molecule has 2 rings (SSSR count). The first-order valence-electron chi connectivity index (χ1n) is 7.44. The van der Waals surface area contributed by atoms with Gasteiger partial charge in [-0.25, -0.2) is 9.59 Å². The number of alkyl carbamates (subject to hydrolysis) is 1. The molecule has 0 bridgehead atoms. The maximum Gasteiger partial charge on any atom is 0.408 e. The molecule has 1 heterocycles. The van der Waals surface area contributed by atoms with Crippen molar-refractivity contribution in [3.05, 3.63) is 35.9 Å². The highest BCUT2D eigenvalue weighted by atomic mass is 16.7. The van der Waals surface area contributed by atoms with Crippen LogP contribution in [0.2, 0.25) is 0 Å². The van der Waals surface area contributed by atoms with E-state index in [4.69, 9.17) is 9.57 Å². The zero-order chi connectivity index (χ0) is 17.0. The lowest BCUT2D eigenvalue weighted by atomic mass is 10.2. The van der Waals surface area contributed by atoms with E-state index in [0.717, 1.165) is 0 Å². The van der Waals surface area contributed by atoms with Gasteiger partial charge in [0.2, 0.25) is 0 Å². The van der Waals surface area contributed by atoms with Crippen molar-refractivity contribution in [2.45, 2.75) is 38.5 Å². The lowest BCUT2D eigenvalue weighted by Crippen LogP contribution is -2.45. The Bertz CT molecular complexity index is 555. The Morgan fingerprint density at radius 1 is 1.22 bits per heavy atom. The van der Waals surface area contributed by atoms with Crippen molar-refractivity contribution in [3.8, 4) is 0 Å². The van der Waals surface area contributed by atoms with Gasteiger partial charge in [-0.1, -0.05) is 18.2 Å². The van der Waals surface area contributed by atoms with Gasteiger partial charge in [0.25, 0.3) is 0 Å². The number of hydroxylamine groups is 2. The van der Waals surface area contributed by atoms with Crippen molar-refractivity contribution in [3.63, 3.8) is 0 Å². The molecule has 1 aromatic carbocycles. The highest BCUT2D eigenvalue weighted by Gasteiger charge is 2.35. The fourth-order valence-corrected chi connectivity index (χ4v) is 2.17. The van der Waals surface area contributed by atoms with E-state index in [1.165, 1.54) is 5.06 Å². The minimum absolute atomic E-state index is 0.124. The summed E-state index contributed by atoms with van der Waals surface area (Å²) >= 11 is 0. The summed E-state index contributed by atoms with van der Waals surface area (Å²) in [5.74, 6) is -0.504. The summed E-state index contributed by atoms with van der Waals surface area (Å²) < 4.78 is 5.15. The van der Waals surface area contributed by atoms with Crippen molar-refractivity contribution < 1.29 is 24.3 Å². The van der Waals surface area contributed by atoms with Crippen LogP contribution < -0.4 is 5.32 Å². The molecule has 0 spiro atoms. The third-order valence-corrected chi connectivity index (χ3v) is 3.18. The quantitative estimate of drug-likeness (QED) is 0.873. The van der Waals surface area contributed by atoms with Gasteiger partial charge in [-0.2, -0.15) is 0 Å². The predicted octanol–water partition coefficient (Wildman–Crippen LogP) is 1.33. The molecule has 0 saturated carbocycles. The second-order valence-electron chi connectivity index (χ2n) is 6.41. The van der Waals surface area contributed by atoms with Gasteiger partial charge in [-0.05, 0) is 32.9 Å². The summed E-state index contributed by atoms with van der Waals surface area (Å²) in [6, 6.07) is 8.01.